The van der Waals surface area contributed by atoms with Crippen molar-refractivity contribution in [3.63, 3.8) is 0 Å². The van der Waals surface area contributed by atoms with Crippen LogP contribution in [0.4, 0.5) is 5.69 Å². The number of aromatic nitrogens is 2. The second-order valence-electron chi connectivity index (χ2n) is 6.28. The Hall–Kier alpha value is -2.45. The van der Waals surface area contributed by atoms with Crippen molar-refractivity contribution in [1.82, 2.24) is 9.97 Å². The Kier molecular flexibility index (Phi) is 6.31. The van der Waals surface area contributed by atoms with Gasteiger partial charge in [0.2, 0.25) is 0 Å². The van der Waals surface area contributed by atoms with Crippen LogP contribution in [0.25, 0.3) is 10.2 Å². The van der Waals surface area contributed by atoms with Crippen molar-refractivity contribution >= 4 is 50.9 Å². The highest BCUT2D eigenvalue weighted by molar-refractivity contribution is 8.00. The van der Waals surface area contributed by atoms with Gasteiger partial charge in [-0.25, -0.2) is 9.97 Å². The first-order valence-electron chi connectivity index (χ1n) is 8.71. The molecular weight excluding hydrogens is 394 g/mol. The molecule has 0 aliphatic heterocycles. The number of thioether (sulfide) groups is 1. The minimum absolute atomic E-state index is 0.0855. The molecule has 0 spiro atoms. The second kappa shape index (κ2) is 8.70. The molecule has 1 amide bonds. The van der Waals surface area contributed by atoms with Crippen molar-refractivity contribution in [3.8, 4) is 0 Å². The molecule has 0 unspecified atom stereocenters. The first kappa shape index (κ1) is 20.3. The summed E-state index contributed by atoms with van der Waals surface area (Å²) in [6, 6.07) is 9.22. The summed E-state index contributed by atoms with van der Waals surface area (Å²) in [6.45, 7) is 5.63. The molecule has 1 aromatic carbocycles. The van der Waals surface area contributed by atoms with Gasteiger partial charge in [0.25, 0.3) is 5.91 Å². The summed E-state index contributed by atoms with van der Waals surface area (Å²) < 4.78 is 5.15. The highest BCUT2D eigenvalue weighted by Crippen LogP contribution is 2.35. The minimum atomic E-state index is -0.450. The summed E-state index contributed by atoms with van der Waals surface area (Å²) in [6.07, 6.45) is 0. The largest absolute Gasteiger partial charge is 0.455 e. The van der Waals surface area contributed by atoms with Crippen LogP contribution in [0.2, 0.25) is 0 Å². The Morgan fingerprint density at radius 1 is 1.14 bits per heavy atom. The quantitative estimate of drug-likeness (QED) is 0.345. The van der Waals surface area contributed by atoms with Crippen LogP contribution in [0.3, 0.4) is 0 Å². The van der Waals surface area contributed by atoms with E-state index in [0.29, 0.717) is 5.82 Å². The zero-order valence-corrected chi connectivity index (χ0v) is 17.8. The third-order valence-electron chi connectivity index (χ3n) is 4.31. The lowest BCUT2D eigenvalue weighted by Gasteiger charge is -2.17. The van der Waals surface area contributed by atoms with E-state index in [4.69, 9.17) is 4.74 Å². The van der Waals surface area contributed by atoms with E-state index in [0.717, 1.165) is 26.5 Å². The van der Waals surface area contributed by atoms with Crippen molar-refractivity contribution in [1.29, 1.82) is 0 Å². The van der Waals surface area contributed by atoms with Crippen molar-refractivity contribution in [3.05, 3.63) is 46.6 Å². The Labute approximate surface area is 171 Å². The molecule has 3 rings (SSSR count). The van der Waals surface area contributed by atoms with E-state index < -0.39 is 5.97 Å². The zero-order valence-electron chi connectivity index (χ0n) is 16.2. The molecule has 0 aliphatic carbocycles. The fraction of sp³-hybridized carbons (Fsp3) is 0.300. The fourth-order valence-electron chi connectivity index (χ4n) is 2.62. The number of thiophene rings is 1. The number of rotatable bonds is 6. The minimum Gasteiger partial charge on any atom is -0.455 e. The van der Waals surface area contributed by atoms with E-state index in [9.17, 15) is 9.59 Å². The van der Waals surface area contributed by atoms with Gasteiger partial charge in [0.05, 0.1) is 5.75 Å². The summed E-state index contributed by atoms with van der Waals surface area (Å²) in [4.78, 5) is 36.9. The van der Waals surface area contributed by atoms with Crippen LogP contribution in [-0.2, 0) is 14.3 Å². The maximum Gasteiger partial charge on any atom is 0.316 e. The fourth-order valence-corrected chi connectivity index (χ4v) is 4.69. The van der Waals surface area contributed by atoms with Gasteiger partial charge in [0.1, 0.15) is 15.7 Å². The number of fused-ring (bicyclic) bond motifs is 1. The molecule has 2 heterocycles. The number of carbonyl (C=O) groups excluding carboxylic acids is 2. The molecular formula is C20H21N3O3S2. The number of likely N-dealkylation sites (N-methyl/N-ethyl adjacent to an activating group) is 1. The van der Waals surface area contributed by atoms with Gasteiger partial charge in [-0.2, -0.15) is 0 Å². The first-order chi connectivity index (χ1) is 13.4. The predicted molar refractivity (Wildman–Crippen MR) is 113 cm³/mol. The lowest BCUT2D eigenvalue weighted by molar-refractivity contribution is -0.145. The summed E-state index contributed by atoms with van der Waals surface area (Å²) in [7, 11) is 1.66. The number of nitrogens with zero attached hydrogens (tertiary/aromatic N) is 3. The van der Waals surface area contributed by atoms with Crippen molar-refractivity contribution in [2.75, 3.05) is 24.3 Å². The Balaban J connectivity index is 1.59. The monoisotopic (exact) mass is 415 g/mol. The molecule has 0 bridgehead atoms. The molecule has 3 aromatic rings. The zero-order chi connectivity index (χ0) is 20.3. The lowest BCUT2D eigenvalue weighted by atomic mass is 10.2. The van der Waals surface area contributed by atoms with Crippen LogP contribution in [-0.4, -0.2) is 41.3 Å². The number of para-hydroxylation sites is 1. The van der Waals surface area contributed by atoms with Crippen molar-refractivity contribution < 1.29 is 14.3 Å². The van der Waals surface area contributed by atoms with Crippen LogP contribution < -0.4 is 4.90 Å². The van der Waals surface area contributed by atoms with Gasteiger partial charge < -0.3 is 9.64 Å². The number of hydrogen-bond acceptors (Lipinski definition) is 7. The Morgan fingerprint density at radius 2 is 1.86 bits per heavy atom. The molecule has 0 atom stereocenters. The smallest absolute Gasteiger partial charge is 0.316 e. The second-order valence-corrected chi connectivity index (χ2v) is 8.44. The number of esters is 1. The average molecular weight is 416 g/mol. The third-order valence-corrected chi connectivity index (χ3v) is 6.36. The number of hydrogen-bond donors (Lipinski definition) is 0. The number of anilines is 1. The molecule has 0 fully saturated rings. The van der Waals surface area contributed by atoms with E-state index in [-0.39, 0.29) is 18.3 Å². The third kappa shape index (κ3) is 4.51. The molecule has 6 nitrogen and oxygen atoms in total. The molecule has 0 aliphatic rings. The molecule has 0 saturated carbocycles. The molecule has 2 aromatic heterocycles. The highest BCUT2D eigenvalue weighted by atomic mass is 32.2. The molecule has 0 radical (unpaired) electrons. The number of benzene rings is 1. The van der Waals surface area contributed by atoms with E-state index in [1.165, 1.54) is 21.5 Å². The maximum atomic E-state index is 12.2. The normalized spacial score (nSPS) is 10.9. The lowest BCUT2D eigenvalue weighted by Crippen LogP contribution is -2.31. The van der Waals surface area contributed by atoms with E-state index in [1.54, 1.807) is 18.4 Å². The summed E-state index contributed by atoms with van der Waals surface area (Å²) >= 11 is 2.94. The Morgan fingerprint density at radius 3 is 2.57 bits per heavy atom. The van der Waals surface area contributed by atoms with Gasteiger partial charge in [-0.3, -0.25) is 9.59 Å². The van der Waals surface area contributed by atoms with Gasteiger partial charge in [0, 0.05) is 23.0 Å². The van der Waals surface area contributed by atoms with Crippen molar-refractivity contribution in [2.24, 2.45) is 0 Å². The van der Waals surface area contributed by atoms with E-state index >= 15 is 0 Å². The van der Waals surface area contributed by atoms with Crippen LogP contribution >= 0.6 is 23.1 Å². The van der Waals surface area contributed by atoms with Gasteiger partial charge in [0.15, 0.2) is 6.61 Å². The maximum absolute atomic E-state index is 12.2. The van der Waals surface area contributed by atoms with Gasteiger partial charge in [-0.15, -0.1) is 11.3 Å². The number of amides is 1. The topological polar surface area (TPSA) is 72.4 Å². The first-order valence-corrected chi connectivity index (χ1v) is 10.5. The summed E-state index contributed by atoms with van der Waals surface area (Å²) in [5.74, 6) is 0.0228. The van der Waals surface area contributed by atoms with Gasteiger partial charge >= 0.3 is 5.97 Å². The molecule has 0 N–H and O–H groups in total. The highest BCUT2D eigenvalue weighted by Gasteiger charge is 2.17. The predicted octanol–water partition coefficient (Wildman–Crippen LogP) is 3.91. The van der Waals surface area contributed by atoms with E-state index in [1.807, 2.05) is 44.2 Å². The number of ether oxygens (including phenoxy) is 1. The van der Waals surface area contributed by atoms with Gasteiger partial charge in [-0.1, -0.05) is 30.0 Å². The molecule has 0 saturated heterocycles. The molecule has 146 valence electrons. The van der Waals surface area contributed by atoms with Crippen LogP contribution in [0, 0.1) is 20.8 Å². The van der Waals surface area contributed by atoms with E-state index in [2.05, 4.69) is 16.9 Å². The van der Waals surface area contributed by atoms with Gasteiger partial charge in [-0.05, 0) is 38.5 Å². The summed E-state index contributed by atoms with van der Waals surface area (Å²) in [5.41, 5.74) is 1.88. The molecule has 8 heteroatoms. The summed E-state index contributed by atoms with van der Waals surface area (Å²) in [5, 5.41) is 1.76. The molecule has 28 heavy (non-hydrogen) atoms. The SMILES string of the molecule is Cc1nc(SCC(=O)OCC(=O)N(C)c2ccccc2)c2c(C)c(C)sc2n1. The van der Waals surface area contributed by atoms with Crippen LogP contribution in [0.1, 0.15) is 16.3 Å². The standard InChI is InChI=1S/C20H21N3O3S2/c1-12-13(2)28-20-18(12)19(21-14(3)22-20)27-11-17(25)26-10-16(24)23(4)15-8-6-5-7-9-15/h5-9H,10-11H2,1-4H3. The van der Waals surface area contributed by atoms with Crippen LogP contribution in [0.5, 0.6) is 0 Å². The average Bonchev–Trinajstić information content (AvgIpc) is 2.97. The number of aryl methyl sites for hydroxylation is 3. The Bertz CT molecular complexity index is 1020. The van der Waals surface area contributed by atoms with Crippen LogP contribution in [0.15, 0.2) is 35.4 Å². The van der Waals surface area contributed by atoms with Crippen molar-refractivity contribution in [2.45, 2.75) is 25.8 Å². The number of carbonyl (C=O) groups is 2.